The molecule has 0 saturated carbocycles. The Hall–Kier alpha value is -0.500. The summed E-state index contributed by atoms with van der Waals surface area (Å²) in [6, 6.07) is 0. The van der Waals surface area contributed by atoms with E-state index in [9.17, 15) is 0 Å². The van der Waals surface area contributed by atoms with Crippen LogP contribution in [0.3, 0.4) is 0 Å². The van der Waals surface area contributed by atoms with E-state index < -0.39 is 0 Å². The van der Waals surface area contributed by atoms with Crippen LogP contribution < -0.4 is 5.32 Å². The van der Waals surface area contributed by atoms with Crippen LogP contribution in [0.2, 0.25) is 0 Å². The van der Waals surface area contributed by atoms with E-state index in [0.29, 0.717) is 0 Å². The zero-order valence-corrected chi connectivity index (χ0v) is 5.81. The van der Waals surface area contributed by atoms with Gasteiger partial charge >= 0.3 is 0 Å². The van der Waals surface area contributed by atoms with Crippen LogP contribution in [0.5, 0.6) is 0 Å². The lowest BCUT2D eigenvalue weighted by Crippen LogP contribution is -2.09. The Bertz CT molecular complexity index is 101. The number of hydrogen-bond acceptors (Lipinski definition) is 2. The highest BCUT2D eigenvalue weighted by Crippen LogP contribution is 2.11. The van der Waals surface area contributed by atoms with Crippen molar-refractivity contribution in [3.8, 4) is 0 Å². The standard InChI is InChI=1S/C7H13NO/c1-8-6-7-2-4-9-5-3-7/h6,8H,2-5H2,1H3. The Balaban J connectivity index is 2.30. The third-order valence-electron chi connectivity index (χ3n) is 1.48. The lowest BCUT2D eigenvalue weighted by atomic mass is 10.1. The fourth-order valence-electron chi connectivity index (χ4n) is 0.982. The molecule has 2 heteroatoms. The molecule has 1 fully saturated rings. The van der Waals surface area contributed by atoms with E-state index in [1.54, 1.807) is 0 Å². The third kappa shape index (κ3) is 2.06. The van der Waals surface area contributed by atoms with E-state index in [2.05, 4.69) is 11.5 Å². The maximum atomic E-state index is 5.18. The van der Waals surface area contributed by atoms with E-state index >= 15 is 0 Å². The van der Waals surface area contributed by atoms with Gasteiger partial charge in [0.25, 0.3) is 0 Å². The van der Waals surface area contributed by atoms with E-state index in [4.69, 9.17) is 4.74 Å². The molecule has 2 nitrogen and oxygen atoms in total. The summed E-state index contributed by atoms with van der Waals surface area (Å²) >= 11 is 0. The minimum absolute atomic E-state index is 0.896. The first-order chi connectivity index (χ1) is 4.43. The Morgan fingerprint density at radius 2 is 2.11 bits per heavy atom. The Kier molecular flexibility index (Phi) is 2.58. The Morgan fingerprint density at radius 1 is 1.44 bits per heavy atom. The van der Waals surface area contributed by atoms with Crippen molar-refractivity contribution in [2.45, 2.75) is 12.8 Å². The van der Waals surface area contributed by atoms with E-state index in [1.807, 2.05) is 7.05 Å². The molecule has 0 atom stereocenters. The van der Waals surface area contributed by atoms with Crippen LogP contribution in [0.1, 0.15) is 12.8 Å². The van der Waals surface area contributed by atoms with Crippen molar-refractivity contribution in [2.75, 3.05) is 20.3 Å². The second-order valence-corrected chi connectivity index (χ2v) is 2.20. The molecule has 0 aromatic rings. The maximum Gasteiger partial charge on any atom is 0.0504 e. The monoisotopic (exact) mass is 127 g/mol. The zero-order valence-electron chi connectivity index (χ0n) is 5.81. The minimum atomic E-state index is 0.896. The number of rotatable bonds is 1. The van der Waals surface area contributed by atoms with Crippen molar-refractivity contribution in [1.82, 2.24) is 5.32 Å². The highest BCUT2D eigenvalue weighted by molar-refractivity contribution is 5.01. The van der Waals surface area contributed by atoms with Gasteiger partial charge in [0.15, 0.2) is 0 Å². The van der Waals surface area contributed by atoms with Gasteiger partial charge in [0.1, 0.15) is 0 Å². The largest absolute Gasteiger partial charge is 0.394 e. The molecule has 0 unspecified atom stereocenters. The quantitative estimate of drug-likeness (QED) is 0.565. The summed E-state index contributed by atoms with van der Waals surface area (Å²) in [5.41, 5.74) is 1.48. The van der Waals surface area contributed by atoms with Gasteiger partial charge < -0.3 is 10.1 Å². The predicted molar refractivity (Wildman–Crippen MR) is 37.2 cm³/mol. The van der Waals surface area contributed by atoms with Crippen LogP contribution in [-0.2, 0) is 4.74 Å². The lowest BCUT2D eigenvalue weighted by molar-refractivity contribution is 0.119. The molecule has 0 aliphatic carbocycles. The molecule has 9 heavy (non-hydrogen) atoms. The van der Waals surface area contributed by atoms with Crippen LogP contribution in [0, 0.1) is 0 Å². The molecule has 0 bridgehead atoms. The van der Waals surface area contributed by atoms with Crippen molar-refractivity contribution in [3.05, 3.63) is 11.8 Å². The van der Waals surface area contributed by atoms with Crippen molar-refractivity contribution in [1.29, 1.82) is 0 Å². The smallest absolute Gasteiger partial charge is 0.0504 e. The molecular weight excluding hydrogens is 114 g/mol. The van der Waals surface area contributed by atoms with Gasteiger partial charge in [-0.05, 0) is 24.6 Å². The fourth-order valence-corrected chi connectivity index (χ4v) is 0.982. The van der Waals surface area contributed by atoms with Gasteiger partial charge in [-0.3, -0.25) is 0 Å². The summed E-state index contributed by atoms with van der Waals surface area (Å²) < 4.78 is 5.18. The van der Waals surface area contributed by atoms with Crippen LogP contribution in [0.15, 0.2) is 11.8 Å². The normalized spacial score (nSPS) is 19.4. The molecule has 0 aromatic carbocycles. The second kappa shape index (κ2) is 3.51. The maximum absolute atomic E-state index is 5.18. The molecular formula is C7H13NO. The molecule has 1 N–H and O–H groups in total. The van der Waals surface area contributed by atoms with Gasteiger partial charge in [-0.2, -0.15) is 0 Å². The van der Waals surface area contributed by atoms with Crippen LogP contribution in [-0.4, -0.2) is 20.3 Å². The highest BCUT2D eigenvalue weighted by Gasteiger charge is 2.03. The predicted octanol–water partition coefficient (Wildman–Crippen LogP) is 0.900. The van der Waals surface area contributed by atoms with Crippen LogP contribution >= 0.6 is 0 Å². The molecule has 0 radical (unpaired) electrons. The van der Waals surface area contributed by atoms with Gasteiger partial charge in [0.05, 0.1) is 13.2 Å². The van der Waals surface area contributed by atoms with Crippen LogP contribution in [0.4, 0.5) is 0 Å². The van der Waals surface area contributed by atoms with Crippen molar-refractivity contribution >= 4 is 0 Å². The van der Waals surface area contributed by atoms with Crippen molar-refractivity contribution < 1.29 is 4.74 Å². The molecule has 1 rings (SSSR count). The van der Waals surface area contributed by atoms with E-state index in [1.165, 1.54) is 5.57 Å². The minimum Gasteiger partial charge on any atom is -0.394 e. The van der Waals surface area contributed by atoms with E-state index in [0.717, 1.165) is 26.1 Å². The average molecular weight is 127 g/mol. The Labute approximate surface area is 55.9 Å². The molecule has 0 aromatic heterocycles. The molecule has 0 spiro atoms. The summed E-state index contributed by atoms with van der Waals surface area (Å²) in [5.74, 6) is 0. The number of hydrogen-bond donors (Lipinski definition) is 1. The van der Waals surface area contributed by atoms with Gasteiger partial charge in [-0.15, -0.1) is 0 Å². The SMILES string of the molecule is CNC=C1CCOCC1. The van der Waals surface area contributed by atoms with E-state index in [-0.39, 0.29) is 0 Å². The van der Waals surface area contributed by atoms with Gasteiger partial charge in [0.2, 0.25) is 0 Å². The molecule has 0 amide bonds. The summed E-state index contributed by atoms with van der Waals surface area (Å²) in [6.45, 7) is 1.79. The fraction of sp³-hybridized carbons (Fsp3) is 0.714. The topological polar surface area (TPSA) is 21.3 Å². The number of nitrogens with one attached hydrogen (secondary N) is 1. The molecule has 1 saturated heterocycles. The van der Waals surface area contributed by atoms with Gasteiger partial charge in [0, 0.05) is 7.05 Å². The lowest BCUT2D eigenvalue weighted by Gasteiger charge is -2.13. The summed E-state index contributed by atoms with van der Waals surface area (Å²) in [5, 5.41) is 3.02. The molecule has 52 valence electrons. The van der Waals surface area contributed by atoms with Crippen molar-refractivity contribution in [2.24, 2.45) is 0 Å². The number of ether oxygens (including phenoxy) is 1. The first kappa shape index (κ1) is 6.62. The summed E-state index contributed by atoms with van der Waals surface area (Å²) in [4.78, 5) is 0. The zero-order chi connectivity index (χ0) is 6.53. The third-order valence-corrected chi connectivity index (χ3v) is 1.48. The molecule has 1 aliphatic rings. The summed E-state index contributed by atoms with van der Waals surface area (Å²) in [6.07, 6.45) is 4.27. The highest BCUT2D eigenvalue weighted by atomic mass is 16.5. The first-order valence-electron chi connectivity index (χ1n) is 3.36. The molecule has 1 heterocycles. The van der Waals surface area contributed by atoms with Crippen molar-refractivity contribution in [3.63, 3.8) is 0 Å². The first-order valence-corrected chi connectivity index (χ1v) is 3.36. The van der Waals surface area contributed by atoms with Gasteiger partial charge in [-0.1, -0.05) is 0 Å². The summed E-state index contributed by atoms with van der Waals surface area (Å²) in [7, 11) is 1.93. The average Bonchev–Trinajstić information content (AvgIpc) is 1.91. The second-order valence-electron chi connectivity index (χ2n) is 2.20. The van der Waals surface area contributed by atoms with Crippen LogP contribution in [0.25, 0.3) is 0 Å². The Morgan fingerprint density at radius 3 is 2.67 bits per heavy atom. The van der Waals surface area contributed by atoms with Gasteiger partial charge in [-0.25, -0.2) is 0 Å². The molecule has 1 aliphatic heterocycles.